The minimum Gasteiger partial charge on any atom is -0.441 e. The van der Waals surface area contributed by atoms with Crippen molar-refractivity contribution in [1.82, 2.24) is 25.6 Å². The van der Waals surface area contributed by atoms with E-state index in [1.54, 1.807) is 25.5 Å². The van der Waals surface area contributed by atoms with E-state index in [1.807, 2.05) is 67.8 Å². The highest BCUT2D eigenvalue weighted by molar-refractivity contribution is 5.68. The highest BCUT2D eigenvalue weighted by Crippen LogP contribution is 2.23. The lowest BCUT2D eigenvalue weighted by molar-refractivity contribution is -0.0518. The molecule has 196 valence electrons. The van der Waals surface area contributed by atoms with Crippen molar-refractivity contribution in [3.05, 3.63) is 71.9 Å². The number of hydrogen-bond acceptors (Lipinski definition) is 8. The van der Waals surface area contributed by atoms with E-state index in [2.05, 4.69) is 20.9 Å². The van der Waals surface area contributed by atoms with Gasteiger partial charge in [-0.1, -0.05) is 59.8 Å². The van der Waals surface area contributed by atoms with E-state index in [4.69, 9.17) is 14.2 Å². The van der Waals surface area contributed by atoms with E-state index in [9.17, 15) is 9.59 Å². The van der Waals surface area contributed by atoms with Crippen molar-refractivity contribution in [2.75, 3.05) is 6.54 Å². The Morgan fingerprint density at radius 3 is 2.43 bits per heavy atom. The van der Waals surface area contributed by atoms with Gasteiger partial charge in [0.05, 0.1) is 12.2 Å². The first-order chi connectivity index (χ1) is 17.7. The van der Waals surface area contributed by atoms with E-state index in [-0.39, 0.29) is 6.04 Å². The van der Waals surface area contributed by atoms with E-state index in [1.165, 1.54) is 0 Å². The summed E-state index contributed by atoms with van der Waals surface area (Å²) in [6.07, 6.45) is -0.371. The number of amides is 1. The molecule has 10 heteroatoms. The summed E-state index contributed by atoms with van der Waals surface area (Å²) in [6.45, 7) is 5.95. The average Bonchev–Trinajstić information content (AvgIpc) is 3.44. The smallest absolute Gasteiger partial charge is 0.441 e. The van der Waals surface area contributed by atoms with Crippen molar-refractivity contribution in [3.63, 3.8) is 0 Å². The van der Waals surface area contributed by atoms with Crippen LogP contribution in [0, 0.1) is 0 Å². The van der Waals surface area contributed by atoms with Gasteiger partial charge in [-0.15, -0.1) is 5.10 Å². The zero-order valence-electron chi connectivity index (χ0n) is 21.5. The van der Waals surface area contributed by atoms with E-state index >= 15 is 0 Å². The SMILES string of the molecule is Cn1cc(-c2ccc(C[C@H]3NC[C@H](OC(=O)OC(C)(C)C)[C@H]3OC(=O)NCc3ccccc3)cc2)nn1. The van der Waals surface area contributed by atoms with Crippen LogP contribution in [0.3, 0.4) is 0 Å². The van der Waals surface area contributed by atoms with E-state index < -0.39 is 30.1 Å². The second kappa shape index (κ2) is 11.4. The summed E-state index contributed by atoms with van der Waals surface area (Å²) in [7, 11) is 1.82. The molecule has 0 radical (unpaired) electrons. The molecule has 0 aliphatic carbocycles. The zero-order valence-corrected chi connectivity index (χ0v) is 21.5. The molecule has 10 nitrogen and oxygen atoms in total. The topological polar surface area (TPSA) is 117 Å². The van der Waals surface area contributed by atoms with Crippen LogP contribution >= 0.6 is 0 Å². The van der Waals surface area contributed by atoms with Gasteiger partial charge in [-0.2, -0.15) is 0 Å². The number of benzene rings is 2. The number of ether oxygens (including phenoxy) is 3. The number of hydrogen-bond donors (Lipinski definition) is 2. The summed E-state index contributed by atoms with van der Waals surface area (Å²) < 4.78 is 18.3. The number of nitrogens with one attached hydrogen (secondary N) is 2. The summed E-state index contributed by atoms with van der Waals surface area (Å²) in [6, 6.07) is 17.2. The molecule has 3 aromatic rings. The second-order valence-electron chi connectivity index (χ2n) is 10.0. The van der Waals surface area contributed by atoms with Crippen LogP contribution in [0.4, 0.5) is 9.59 Å². The Morgan fingerprint density at radius 2 is 1.78 bits per heavy atom. The van der Waals surface area contributed by atoms with Crippen LogP contribution in [-0.4, -0.2) is 57.6 Å². The maximum absolute atomic E-state index is 12.7. The summed E-state index contributed by atoms with van der Waals surface area (Å²) in [5.74, 6) is 0. The third kappa shape index (κ3) is 7.53. The van der Waals surface area contributed by atoms with Gasteiger partial charge in [0.25, 0.3) is 0 Å². The Kier molecular flexibility index (Phi) is 8.08. The predicted molar refractivity (Wildman–Crippen MR) is 137 cm³/mol. The van der Waals surface area contributed by atoms with Crippen molar-refractivity contribution >= 4 is 12.2 Å². The average molecular weight is 508 g/mol. The molecule has 0 bridgehead atoms. The first kappa shape index (κ1) is 26.2. The van der Waals surface area contributed by atoms with Crippen LogP contribution in [-0.2, 0) is 34.2 Å². The maximum Gasteiger partial charge on any atom is 0.509 e. The molecule has 37 heavy (non-hydrogen) atoms. The van der Waals surface area contributed by atoms with Gasteiger partial charge in [-0.3, -0.25) is 4.68 Å². The molecule has 1 saturated heterocycles. The van der Waals surface area contributed by atoms with Gasteiger partial charge in [-0.25, -0.2) is 9.59 Å². The summed E-state index contributed by atoms with van der Waals surface area (Å²) in [5, 5.41) is 14.2. The molecule has 2 heterocycles. The minimum absolute atomic E-state index is 0.266. The van der Waals surface area contributed by atoms with Gasteiger partial charge in [0.1, 0.15) is 11.3 Å². The normalized spacial score (nSPS) is 19.3. The Bertz CT molecular complexity index is 1190. The Labute approximate surface area is 216 Å². The highest BCUT2D eigenvalue weighted by Gasteiger charge is 2.42. The lowest BCUT2D eigenvalue weighted by atomic mass is 10.00. The molecule has 1 aromatic heterocycles. The van der Waals surface area contributed by atoms with Crippen molar-refractivity contribution in [2.24, 2.45) is 7.05 Å². The van der Waals surface area contributed by atoms with Crippen molar-refractivity contribution < 1.29 is 23.8 Å². The number of aryl methyl sites for hydroxylation is 1. The van der Waals surface area contributed by atoms with Gasteiger partial charge in [0, 0.05) is 25.7 Å². The fourth-order valence-corrected chi connectivity index (χ4v) is 4.09. The summed E-state index contributed by atoms with van der Waals surface area (Å²) in [4.78, 5) is 25.0. The van der Waals surface area contributed by atoms with Crippen molar-refractivity contribution in [2.45, 2.75) is 57.6 Å². The molecular weight excluding hydrogens is 474 g/mol. The number of aromatic nitrogens is 3. The third-order valence-electron chi connectivity index (χ3n) is 5.81. The molecule has 1 aliphatic heterocycles. The molecule has 2 aromatic carbocycles. The molecule has 0 unspecified atom stereocenters. The van der Waals surface area contributed by atoms with Crippen LogP contribution in [0.15, 0.2) is 60.8 Å². The molecule has 1 amide bonds. The number of carbonyl (C=O) groups is 2. The van der Waals surface area contributed by atoms with Gasteiger partial charge < -0.3 is 24.8 Å². The van der Waals surface area contributed by atoms with Gasteiger partial charge in [0.2, 0.25) is 0 Å². The molecule has 1 fully saturated rings. The summed E-state index contributed by atoms with van der Waals surface area (Å²) in [5.41, 5.74) is 3.02. The summed E-state index contributed by atoms with van der Waals surface area (Å²) >= 11 is 0. The Balaban J connectivity index is 1.43. The quantitative estimate of drug-likeness (QED) is 0.466. The number of carbonyl (C=O) groups excluding carboxylic acids is 2. The zero-order chi connectivity index (χ0) is 26.4. The molecule has 4 rings (SSSR count). The van der Waals surface area contributed by atoms with E-state index in [0.717, 1.165) is 22.4 Å². The minimum atomic E-state index is -0.799. The monoisotopic (exact) mass is 507 g/mol. The Hall–Kier alpha value is -3.92. The van der Waals surface area contributed by atoms with Gasteiger partial charge in [0.15, 0.2) is 12.2 Å². The molecular formula is C27H33N5O5. The lowest BCUT2D eigenvalue weighted by Gasteiger charge is -2.26. The van der Waals surface area contributed by atoms with Gasteiger partial charge in [-0.05, 0) is 38.3 Å². The predicted octanol–water partition coefficient (Wildman–Crippen LogP) is 3.61. The highest BCUT2D eigenvalue weighted by atomic mass is 16.7. The number of alkyl carbamates (subject to hydrolysis) is 1. The molecule has 0 spiro atoms. The molecule has 0 saturated carbocycles. The largest absolute Gasteiger partial charge is 0.509 e. The lowest BCUT2D eigenvalue weighted by Crippen LogP contribution is -2.43. The standard InChI is InChI=1S/C27H33N5O5/c1-27(2,3)37-26(34)35-23-16-28-21(24(23)36-25(33)29-15-19-8-6-5-7-9-19)14-18-10-12-20(13-11-18)22-17-32(4)31-30-22/h5-13,17,21,23-24,28H,14-16H2,1-4H3,(H,29,33)/t21-,23+,24+/m1/s1. The van der Waals surface area contributed by atoms with Crippen LogP contribution in [0.2, 0.25) is 0 Å². The first-order valence-electron chi connectivity index (χ1n) is 12.2. The number of nitrogens with zero attached hydrogens (tertiary/aromatic N) is 3. The Morgan fingerprint density at radius 1 is 1.05 bits per heavy atom. The third-order valence-corrected chi connectivity index (χ3v) is 5.81. The maximum atomic E-state index is 12.7. The van der Waals surface area contributed by atoms with Gasteiger partial charge >= 0.3 is 12.2 Å². The molecule has 2 N–H and O–H groups in total. The van der Waals surface area contributed by atoms with Crippen LogP contribution < -0.4 is 10.6 Å². The van der Waals surface area contributed by atoms with Crippen LogP contribution in [0.5, 0.6) is 0 Å². The fraction of sp³-hybridized carbons (Fsp3) is 0.407. The van der Waals surface area contributed by atoms with Crippen molar-refractivity contribution in [3.8, 4) is 11.3 Å². The number of rotatable bonds is 7. The molecule has 3 atom stereocenters. The fourth-order valence-electron chi connectivity index (χ4n) is 4.09. The second-order valence-corrected chi connectivity index (χ2v) is 10.0. The molecule has 1 aliphatic rings. The first-order valence-corrected chi connectivity index (χ1v) is 12.2. The van der Waals surface area contributed by atoms with Crippen molar-refractivity contribution in [1.29, 1.82) is 0 Å². The van der Waals surface area contributed by atoms with Crippen LogP contribution in [0.25, 0.3) is 11.3 Å². The van der Waals surface area contributed by atoms with E-state index in [0.29, 0.717) is 19.5 Å². The van der Waals surface area contributed by atoms with Crippen LogP contribution in [0.1, 0.15) is 31.9 Å².